The van der Waals surface area contributed by atoms with Crippen molar-refractivity contribution >= 4 is 0 Å². The molecule has 21 heavy (non-hydrogen) atoms. The van der Waals surface area contributed by atoms with Gasteiger partial charge in [-0.1, -0.05) is 13.8 Å². The molecule has 2 rings (SSSR count). The highest BCUT2D eigenvalue weighted by Crippen LogP contribution is 2.29. The summed E-state index contributed by atoms with van der Waals surface area (Å²) in [6.07, 6.45) is 5.13. The number of nitrogens with one attached hydrogen (secondary N) is 1. The predicted octanol–water partition coefficient (Wildman–Crippen LogP) is 1.54. The second kappa shape index (κ2) is 7.91. The van der Waals surface area contributed by atoms with Crippen LogP contribution in [0.2, 0.25) is 0 Å². The van der Waals surface area contributed by atoms with Gasteiger partial charge in [-0.05, 0) is 45.1 Å². The summed E-state index contributed by atoms with van der Waals surface area (Å²) in [7, 11) is 0. The van der Waals surface area contributed by atoms with Crippen molar-refractivity contribution in [2.24, 2.45) is 5.92 Å². The lowest BCUT2D eigenvalue weighted by Gasteiger charge is -2.36. The van der Waals surface area contributed by atoms with Gasteiger partial charge in [0.1, 0.15) is 0 Å². The lowest BCUT2D eigenvalue weighted by molar-refractivity contribution is 0.115. The summed E-state index contributed by atoms with van der Waals surface area (Å²) in [6, 6.07) is 0.424. The van der Waals surface area contributed by atoms with Crippen LogP contribution in [-0.2, 0) is 0 Å². The van der Waals surface area contributed by atoms with Crippen molar-refractivity contribution in [3.8, 4) is 0 Å². The summed E-state index contributed by atoms with van der Waals surface area (Å²) in [5.41, 5.74) is -0.123. The molecule has 1 saturated carbocycles. The molecule has 1 aliphatic heterocycles. The molecule has 0 radical (unpaired) electrons. The van der Waals surface area contributed by atoms with E-state index in [2.05, 4.69) is 35.9 Å². The molecule has 4 nitrogen and oxygen atoms in total. The molecule has 0 aromatic rings. The van der Waals surface area contributed by atoms with Gasteiger partial charge in [-0.25, -0.2) is 0 Å². The van der Waals surface area contributed by atoms with Crippen molar-refractivity contribution in [2.75, 3.05) is 45.9 Å². The molecular weight excluding hydrogens is 262 g/mol. The summed E-state index contributed by atoms with van der Waals surface area (Å²) in [5.74, 6) is 1.02. The molecular formula is C17H35N3O. The highest BCUT2D eigenvalue weighted by molar-refractivity contribution is 4.85. The van der Waals surface area contributed by atoms with E-state index >= 15 is 0 Å². The Balaban J connectivity index is 1.60. The van der Waals surface area contributed by atoms with E-state index in [1.807, 2.05) is 0 Å². The number of hydrogen-bond donors (Lipinski definition) is 2. The molecule has 124 valence electrons. The summed E-state index contributed by atoms with van der Waals surface area (Å²) in [6.45, 7) is 14.1. The molecule has 2 N–H and O–H groups in total. The van der Waals surface area contributed by atoms with E-state index in [-0.39, 0.29) is 12.1 Å². The second-order valence-corrected chi connectivity index (χ2v) is 7.71. The van der Waals surface area contributed by atoms with Crippen LogP contribution in [0.4, 0.5) is 0 Å². The lowest BCUT2D eigenvalue weighted by atomic mass is 9.95. The number of hydrogen-bond acceptors (Lipinski definition) is 4. The van der Waals surface area contributed by atoms with Gasteiger partial charge < -0.3 is 20.2 Å². The molecule has 0 spiro atoms. The largest absolute Gasteiger partial charge is 0.394 e. The number of rotatable bonds is 9. The third-order valence-electron chi connectivity index (χ3n) is 4.87. The van der Waals surface area contributed by atoms with Crippen LogP contribution in [0.25, 0.3) is 0 Å². The van der Waals surface area contributed by atoms with E-state index in [1.165, 1.54) is 58.5 Å². The summed E-state index contributed by atoms with van der Waals surface area (Å²) in [4.78, 5) is 5.24. The van der Waals surface area contributed by atoms with Crippen LogP contribution in [-0.4, -0.2) is 72.4 Å². The maximum atomic E-state index is 9.61. The molecule has 4 heteroatoms. The number of piperazine rings is 1. The Hall–Kier alpha value is -0.160. The Kier molecular flexibility index (Phi) is 6.48. The van der Waals surface area contributed by atoms with E-state index in [0.29, 0.717) is 6.04 Å². The van der Waals surface area contributed by atoms with Crippen LogP contribution in [0, 0.1) is 5.92 Å². The first kappa shape index (κ1) is 17.2. The fourth-order valence-corrected chi connectivity index (χ4v) is 3.45. The van der Waals surface area contributed by atoms with Crippen LogP contribution < -0.4 is 5.32 Å². The highest BCUT2D eigenvalue weighted by atomic mass is 16.3. The Morgan fingerprint density at radius 2 is 1.76 bits per heavy atom. The molecule has 1 heterocycles. The zero-order valence-electron chi connectivity index (χ0n) is 14.3. The fourth-order valence-electron chi connectivity index (χ4n) is 3.45. The van der Waals surface area contributed by atoms with Crippen LogP contribution >= 0.6 is 0 Å². The molecule has 1 unspecified atom stereocenters. The Morgan fingerprint density at radius 3 is 2.29 bits per heavy atom. The van der Waals surface area contributed by atoms with Crippen LogP contribution in [0.15, 0.2) is 0 Å². The molecule has 0 bridgehead atoms. The third-order valence-corrected chi connectivity index (χ3v) is 4.87. The maximum absolute atomic E-state index is 9.61. The summed E-state index contributed by atoms with van der Waals surface area (Å²) < 4.78 is 0. The Labute approximate surface area is 130 Å². The molecule has 1 saturated heterocycles. The van der Waals surface area contributed by atoms with Crippen molar-refractivity contribution in [2.45, 2.75) is 58.0 Å². The SMILES string of the molecule is CC(C)NC(C)(CO)CCCN1CCN(CC2CC2)CC1. The van der Waals surface area contributed by atoms with Gasteiger partial charge in [0.05, 0.1) is 6.61 Å². The molecule has 0 aromatic carbocycles. The quantitative estimate of drug-likeness (QED) is 0.677. The number of nitrogens with zero attached hydrogens (tertiary/aromatic N) is 2. The molecule has 0 amide bonds. The first-order valence-corrected chi connectivity index (χ1v) is 8.84. The van der Waals surface area contributed by atoms with E-state index in [0.717, 1.165) is 12.3 Å². The van der Waals surface area contributed by atoms with Crippen molar-refractivity contribution in [3.05, 3.63) is 0 Å². The molecule has 2 fully saturated rings. The molecule has 2 aliphatic rings. The predicted molar refractivity (Wildman–Crippen MR) is 88.6 cm³/mol. The van der Waals surface area contributed by atoms with Gasteiger partial charge >= 0.3 is 0 Å². The first-order valence-electron chi connectivity index (χ1n) is 8.84. The number of aliphatic hydroxyl groups excluding tert-OH is 1. The molecule has 1 atom stereocenters. The van der Waals surface area contributed by atoms with Crippen molar-refractivity contribution in [1.29, 1.82) is 0 Å². The third kappa shape index (κ3) is 6.23. The van der Waals surface area contributed by atoms with Crippen LogP contribution in [0.1, 0.15) is 46.5 Å². The van der Waals surface area contributed by atoms with E-state index in [9.17, 15) is 5.11 Å². The Bertz CT molecular complexity index is 298. The topological polar surface area (TPSA) is 38.7 Å². The summed E-state index contributed by atoms with van der Waals surface area (Å²) >= 11 is 0. The van der Waals surface area contributed by atoms with Gasteiger partial charge in [0.2, 0.25) is 0 Å². The minimum absolute atomic E-state index is 0.123. The number of aliphatic hydroxyl groups is 1. The van der Waals surface area contributed by atoms with Crippen LogP contribution in [0.3, 0.4) is 0 Å². The van der Waals surface area contributed by atoms with Gasteiger partial charge in [-0.2, -0.15) is 0 Å². The van der Waals surface area contributed by atoms with Gasteiger partial charge in [0.25, 0.3) is 0 Å². The standard InChI is InChI=1S/C17H35N3O/c1-15(2)18-17(3,14-21)7-4-8-19-9-11-20(12-10-19)13-16-5-6-16/h15-16,18,21H,4-14H2,1-3H3. The first-order chi connectivity index (χ1) is 10.0. The Morgan fingerprint density at radius 1 is 1.14 bits per heavy atom. The minimum Gasteiger partial charge on any atom is -0.394 e. The van der Waals surface area contributed by atoms with E-state index < -0.39 is 0 Å². The molecule has 1 aliphatic carbocycles. The lowest BCUT2D eigenvalue weighted by Crippen LogP contribution is -2.50. The van der Waals surface area contributed by atoms with Crippen molar-refractivity contribution in [3.63, 3.8) is 0 Å². The van der Waals surface area contributed by atoms with Gasteiger partial charge in [-0.3, -0.25) is 0 Å². The zero-order valence-corrected chi connectivity index (χ0v) is 14.3. The molecule has 0 aromatic heterocycles. The average molecular weight is 297 g/mol. The van der Waals surface area contributed by atoms with E-state index in [1.54, 1.807) is 0 Å². The van der Waals surface area contributed by atoms with Gasteiger partial charge in [0, 0.05) is 44.3 Å². The second-order valence-electron chi connectivity index (χ2n) is 7.71. The normalized spacial score (nSPS) is 24.4. The van der Waals surface area contributed by atoms with E-state index in [4.69, 9.17) is 0 Å². The average Bonchev–Trinajstić information content (AvgIpc) is 3.24. The highest BCUT2D eigenvalue weighted by Gasteiger charge is 2.27. The van der Waals surface area contributed by atoms with Crippen molar-refractivity contribution < 1.29 is 5.11 Å². The zero-order chi connectivity index (χ0) is 15.3. The smallest absolute Gasteiger partial charge is 0.0610 e. The monoisotopic (exact) mass is 297 g/mol. The summed E-state index contributed by atoms with van der Waals surface area (Å²) in [5, 5.41) is 13.1. The van der Waals surface area contributed by atoms with Gasteiger partial charge in [0.15, 0.2) is 0 Å². The maximum Gasteiger partial charge on any atom is 0.0610 e. The van der Waals surface area contributed by atoms with Gasteiger partial charge in [-0.15, -0.1) is 0 Å². The minimum atomic E-state index is -0.123. The fraction of sp³-hybridized carbons (Fsp3) is 1.00. The van der Waals surface area contributed by atoms with Crippen LogP contribution in [0.5, 0.6) is 0 Å². The van der Waals surface area contributed by atoms with Crippen molar-refractivity contribution in [1.82, 2.24) is 15.1 Å².